The Bertz CT molecular complexity index is 227. The minimum Gasteiger partial charge on any atom is -0.480 e. The van der Waals surface area contributed by atoms with Crippen LogP contribution in [0.15, 0.2) is 24.4 Å². The van der Waals surface area contributed by atoms with E-state index in [-0.39, 0.29) is 0 Å². The normalized spacial score (nSPS) is 14.6. The number of carboxylic acids is 1. The van der Waals surface area contributed by atoms with Crippen LogP contribution in [0.5, 0.6) is 0 Å². The Morgan fingerprint density at radius 2 is 2.19 bits per heavy atom. The van der Waals surface area contributed by atoms with Crippen molar-refractivity contribution in [2.24, 2.45) is 11.5 Å². The zero-order valence-electron chi connectivity index (χ0n) is 9.43. The number of carboxylic acid groups (broad SMARTS) is 1. The lowest BCUT2D eigenvalue weighted by molar-refractivity contribution is -0.138. The molecule has 0 radical (unpaired) electrons. The van der Waals surface area contributed by atoms with Crippen LogP contribution in [-0.2, 0) is 4.79 Å². The molecule has 1 heterocycles. The van der Waals surface area contributed by atoms with E-state index < -0.39 is 12.0 Å². The van der Waals surface area contributed by atoms with Gasteiger partial charge in [0, 0.05) is 6.54 Å². The second-order valence-corrected chi connectivity index (χ2v) is 3.42. The van der Waals surface area contributed by atoms with Gasteiger partial charge in [-0.15, -0.1) is 0 Å². The summed E-state index contributed by atoms with van der Waals surface area (Å²) in [4.78, 5) is 10.1. The molecule has 0 fully saturated rings. The highest BCUT2D eigenvalue weighted by molar-refractivity contribution is 5.72. The van der Waals surface area contributed by atoms with Crippen molar-refractivity contribution in [2.45, 2.75) is 25.3 Å². The first-order chi connectivity index (χ1) is 7.68. The maximum Gasteiger partial charge on any atom is 0.320 e. The molecule has 5 nitrogen and oxygen atoms in total. The molecule has 0 saturated carbocycles. The van der Waals surface area contributed by atoms with Gasteiger partial charge in [0.2, 0.25) is 0 Å². The first-order valence-corrected chi connectivity index (χ1v) is 5.42. The summed E-state index contributed by atoms with van der Waals surface area (Å²) in [5.74, 6) is -0.933. The fourth-order valence-electron chi connectivity index (χ4n) is 1.04. The summed E-state index contributed by atoms with van der Waals surface area (Å²) in [6.07, 6.45) is 10.2. The van der Waals surface area contributed by atoms with Crippen LogP contribution >= 0.6 is 0 Å². The maximum atomic E-state index is 10.1. The molecule has 1 aliphatic rings. The Kier molecular flexibility index (Phi) is 9.35. The van der Waals surface area contributed by atoms with Crippen LogP contribution in [0.25, 0.3) is 0 Å². The molecule has 6 N–H and O–H groups in total. The molecule has 1 atom stereocenters. The first kappa shape index (κ1) is 14.7. The van der Waals surface area contributed by atoms with E-state index >= 15 is 0 Å². The fraction of sp³-hybridized carbons (Fsp3) is 0.545. The van der Waals surface area contributed by atoms with Gasteiger partial charge >= 0.3 is 5.97 Å². The van der Waals surface area contributed by atoms with Gasteiger partial charge in [-0.25, -0.2) is 0 Å². The molecule has 1 aliphatic heterocycles. The molecule has 0 aliphatic carbocycles. The van der Waals surface area contributed by atoms with Crippen LogP contribution < -0.4 is 16.8 Å². The molecule has 16 heavy (non-hydrogen) atoms. The number of unbranched alkanes of at least 4 members (excludes halogenated alkanes) is 1. The molecule has 0 saturated heterocycles. The van der Waals surface area contributed by atoms with Gasteiger partial charge in [0.1, 0.15) is 6.04 Å². The smallest absolute Gasteiger partial charge is 0.320 e. The highest BCUT2D eigenvalue weighted by Gasteiger charge is 2.09. The Hall–Kier alpha value is -1.33. The number of nitrogens with one attached hydrogen (secondary N) is 1. The number of dihydropyridines is 1. The highest BCUT2D eigenvalue weighted by atomic mass is 16.4. The number of allylic oxidation sites excluding steroid dienone is 2. The van der Waals surface area contributed by atoms with Gasteiger partial charge in [0.05, 0.1) is 0 Å². The van der Waals surface area contributed by atoms with E-state index in [1.807, 2.05) is 18.4 Å². The predicted molar refractivity (Wildman–Crippen MR) is 64.8 cm³/mol. The average molecular weight is 227 g/mol. The topological polar surface area (TPSA) is 101 Å². The predicted octanol–water partition coefficient (Wildman–Crippen LogP) is 0.187. The van der Waals surface area contributed by atoms with Gasteiger partial charge in [-0.2, -0.15) is 0 Å². The molecule has 0 aromatic heterocycles. The van der Waals surface area contributed by atoms with E-state index in [4.69, 9.17) is 16.6 Å². The van der Waals surface area contributed by atoms with Crippen molar-refractivity contribution < 1.29 is 9.90 Å². The Balaban J connectivity index is 0.000000315. The molecule has 0 amide bonds. The van der Waals surface area contributed by atoms with Gasteiger partial charge in [-0.05, 0) is 31.7 Å². The minimum atomic E-state index is -0.933. The summed E-state index contributed by atoms with van der Waals surface area (Å²) in [6, 6.07) is -0.716. The average Bonchev–Trinajstić information content (AvgIpc) is 2.32. The van der Waals surface area contributed by atoms with E-state index in [1.54, 1.807) is 0 Å². The first-order valence-electron chi connectivity index (χ1n) is 5.42. The van der Waals surface area contributed by atoms with Gasteiger partial charge in [-0.1, -0.05) is 18.6 Å². The third kappa shape index (κ3) is 9.23. The summed E-state index contributed by atoms with van der Waals surface area (Å²) in [5.41, 5.74) is 10.4. The van der Waals surface area contributed by atoms with Crippen molar-refractivity contribution in [1.29, 1.82) is 0 Å². The lowest BCUT2D eigenvalue weighted by Crippen LogP contribution is -2.29. The summed E-state index contributed by atoms with van der Waals surface area (Å²) in [7, 11) is 0. The quantitative estimate of drug-likeness (QED) is 0.502. The van der Waals surface area contributed by atoms with Crippen molar-refractivity contribution in [3.8, 4) is 0 Å². The zero-order valence-corrected chi connectivity index (χ0v) is 9.43. The maximum absolute atomic E-state index is 10.1. The van der Waals surface area contributed by atoms with Crippen LogP contribution in [0, 0.1) is 0 Å². The molecular weight excluding hydrogens is 206 g/mol. The molecule has 0 aromatic rings. The van der Waals surface area contributed by atoms with Crippen LogP contribution in [0.1, 0.15) is 19.3 Å². The molecule has 1 rings (SSSR count). The van der Waals surface area contributed by atoms with Gasteiger partial charge in [0.25, 0.3) is 0 Å². The van der Waals surface area contributed by atoms with E-state index in [1.165, 1.54) is 0 Å². The summed E-state index contributed by atoms with van der Waals surface area (Å²) in [6.45, 7) is 1.59. The van der Waals surface area contributed by atoms with Gasteiger partial charge < -0.3 is 21.9 Å². The molecule has 5 heteroatoms. The standard InChI is InChI=1S/C6H14N2O2.C5H7N/c7-4-2-1-3-5(8)6(9)10;1-2-4-6-5-3-1/h5H,1-4,7-8H2,(H,9,10);1-4,6H,5H2. The van der Waals surface area contributed by atoms with Crippen LogP contribution in [0.2, 0.25) is 0 Å². The fourth-order valence-corrected chi connectivity index (χ4v) is 1.04. The SMILES string of the molecule is C1=CCNC=C1.NCCCCC(N)C(=O)O. The van der Waals surface area contributed by atoms with E-state index in [0.717, 1.165) is 19.4 Å². The lowest BCUT2D eigenvalue weighted by atomic mass is 10.1. The van der Waals surface area contributed by atoms with Crippen molar-refractivity contribution >= 4 is 5.97 Å². The number of carbonyl (C=O) groups is 1. The molecule has 92 valence electrons. The summed E-state index contributed by atoms with van der Waals surface area (Å²) in [5, 5.41) is 11.3. The number of aliphatic carboxylic acids is 1. The number of nitrogens with two attached hydrogens (primary N) is 2. The van der Waals surface area contributed by atoms with E-state index in [0.29, 0.717) is 13.0 Å². The third-order valence-corrected chi connectivity index (χ3v) is 1.98. The molecular formula is C11H21N3O2. The van der Waals surface area contributed by atoms with E-state index in [2.05, 4.69) is 11.4 Å². The molecule has 0 spiro atoms. The minimum absolute atomic E-state index is 0.520. The van der Waals surface area contributed by atoms with Crippen molar-refractivity contribution in [2.75, 3.05) is 13.1 Å². The number of rotatable bonds is 5. The summed E-state index contributed by atoms with van der Waals surface area (Å²) < 4.78 is 0. The Morgan fingerprint density at radius 1 is 1.44 bits per heavy atom. The highest BCUT2D eigenvalue weighted by Crippen LogP contribution is 1.96. The van der Waals surface area contributed by atoms with Crippen molar-refractivity contribution in [1.82, 2.24) is 5.32 Å². The zero-order chi connectivity index (χ0) is 12.2. The number of hydrogen-bond acceptors (Lipinski definition) is 4. The Morgan fingerprint density at radius 3 is 2.50 bits per heavy atom. The number of hydrogen-bond donors (Lipinski definition) is 4. The third-order valence-electron chi connectivity index (χ3n) is 1.98. The van der Waals surface area contributed by atoms with Gasteiger partial charge in [-0.3, -0.25) is 4.79 Å². The lowest BCUT2D eigenvalue weighted by Gasteiger charge is -2.03. The van der Waals surface area contributed by atoms with Crippen molar-refractivity contribution in [3.05, 3.63) is 24.4 Å². The molecule has 0 bridgehead atoms. The van der Waals surface area contributed by atoms with Crippen LogP contribution in [0.4, 0.5) is 0 Å². The second kappa shape index (κ2) is 10.2. The van der Waals surface area contributed by atoms with Crippen LogP contribution in [-0.4, -0.2) is 30.2 Å². The monoisotopic (exact) mass is 227 g/mol. The van der Waals surface area contributed by atoms with E-state index in [9.17, 15) is 4.79 Å². The van der Waals surface area contributed by atoms with Crippen molar-refractivity contribution in [3.63, 3.8) is 0 Å². The molecule has 1 unspecified atom stereocenters. The largest absolute Gasteiger partial charge is 0.480 e. The summed E-state index contributed by atoms with van der Waals surface area (Å²) >= 11 is 0. The van der Waals surface area contributed by atoms with Gasteiger partial charge in [0.15, 0.2) is 0 Å². The second-order valence-electron chi connectivity index (χ2n) is 3.42. The molecule has 0 aromatic carbocycles. The van der Waals surface area contributed by atoms with Crippen LogP contribution in [0.3, 0.4) is 0 Å². The Labute approximate surface area is 96.2 Å².